The van der Waals surface area contributed by atoms with E-state index in [2.05, 4.69) is 62.6 Å². The zero-order valence-corrected chi connectivity index (χ0v) is 37.5. The van der Waals surface area contributed by atoms with Gasteiger partial charge < -0.3 is 31.3 Å². The maximum Gasteiger partial charge on any atom is 0.236 e. The third-order valence-electron chi connectivity index (χ3n) is 11.9. The summed E-state index contributed by atoms with van der Waals surface area (Å²) >= 11 is 1.75. The first-order valence-electron chi connectivity index (χ1n) is 22.3. The molecule has 0 bridgehead atoms. The van der Waals surface area contributed by atoms with Gasteiger partial charge in [-0.15, -0.1) is 0 Å². The third-order valence-corrected chi connectivity index (χ3v) is 13.0. The molecular weight excluding hydrogens is 810 g/mol. The summed E-state index contributed by atoms with van der Waals surface area (Å²) in [6.45, 7) is 10.5. The van der Waals surface area contributed by atoms with E-state index in [4.69, 9.17) is 5.11 Å². The molecule has 3 aliphatic heterocycles. The fourth-order valence-corrected chi connectivity index (χ4v) is 9.28. The van der Waals surface area contributed by atoms with Crippen molar-refractivity contribution in [2.24, 2.45) is 7.05 Å². The summed E-state index contributed by atoms with van der Waals surface area (Å²) in [6, 6.07) is 11.7. The molecule has 2 aromatic heterocycles. The minimum Gasteiger partial charge on any atom is -0.393 e. The number of piperazine rings is 1. The Kier molecular flexibility index (Phi) is 16.9. The second-order valence-electron chi connectivity index (χ2n) is 16.2. The largest absolute Gasteiger partial charge is 0.393 e. The number of anilines is 4. The lowest BCUT2D eigenvalue weighted by Crippen LogP contribution is -2.46. The number of benzene rings is 2. The number of carbonyl (C=O) groups excluding carboxylic acids is 3. The molecule has 2 aliphatic carbocycles. The van der Waals surface area contributed by atoms with Crippen molar-refractivity contribution in [3.63, 3.8) is 0 Å². The van der Waals surface area contributed by atoms with Gasteiger partial charge in [-0.05, 0) is 86.9 Å². The molecular formula is C45H64FN11O4S. The van der Waals surface area contributed by atoms with Gasteiger partial charge in [0.05, 0.1) is 17.0 Å². The molecule has 0 atom stereocenters. The molecule has 336 valence electrons. The average Bonchev–Trinajstić information content (AvgIpc) is 3.99. The number of hydrogen-bond donors (Lipinski definition) is 5. The van der Waals surface area contributed by atoms with Crippen LogP contribution in [0.15, 0.2) is 47.5 Å². The number of piperidine rings is 1. The van der Waals surface area contributed by atoms with E-state index in [-0.39, 0.29) is 42.1 Å². The van der Waals surface area contributed by atoms with E-state index in [1.807, 2.05) is 39.1 Å². The highest BCUT2D eigenvalue weighted by Gasteiger charge is 2.57. The minimum atomic E-state index is -0.276. The van der Waals surface area contributed by atoms with Gasteiger partial charge in [-0.3, -0.25) is 24.0 Å². The van der Waals surface area contributed by atoms with Crippen LogP contribution in [0.3, 0.4) is 0 Å². The summed E-state index contributed by atoms with van der Waals surface area (Å²) in [6.07, 6.45) is 14.1. The van der Waals surface area contributed by atoms with E-state index in [0.717, 1.165) is 97.6 Å². The van der Waals surface area contributed by atoms with Crippen LogP contribution < -0.4 is 26.2 Å². The number of nitrogens with one attached hydrogen (secondary N) is 4. The standard InChI is InChI=1S/C28H36FN7O2S.C9H10N4O.C6H12O.C2H6/c1-33-26-18-22(5-7-24(26)28(32-33)31-27(38)9-10-30-20-37)35-15-13-34(14-16-35)19-21-17-23(6-8-25(21)29)39-36-11-3-2-4-12-36;1-10-8-11-4-5-6(13-8)12-7(14)9(5)2-3-9;7-6-4-2-1-3-5-6;1-2/h5-8,17-18,20H,2-4,9-16,19H2,1H3,(H,30,37)(H,31,32,38);4H,2-3H2,1H3,(H2,10,11,12,13,14);6-7H,1-5H2;1-2H3. The van der Waals surface area contributed by atoms with E-state index in [0.29, 0.717) is 30.5 Å². The summed E-state index contributed by atoms with van der Waals surface area (Å²) in [5, 5.41) is 25.2. The molecule has 5 aliphatic rings. The van der Waals surface area contributed by atoms with Crippen LogP contribution in [0.1, 0.15) is 95.6 Å². The second-order valence-corrected chi connectivity index (χ2v) is 17.3. The molecule has 9 rings (SSSR count). The third kappa shape index (κ3) is 12.0. The van der Waals surface area contributed by atoms with E-state index in [1.165, 1.54) is 38.5 Å². The van der Waals surface area contributed by atoms with Crippen LogP contribution in [0.5, 0.6) is 0 Å². The zero-order valence-electron chi connectivity index (χ0n) is 36.7. The van der Waals surface area contributed by atoms with Crippen LogP contribution in [0, 0.1) is 5.82 Å². The summed E-state index contributed by atoms with van der Waals surface area (Å²) in [5.41, 5.74) is 3.48. The van der Waals surface area contributed by atoms with Gasteiger partial charge in [0.2, 0.25) is 24.2 Å². The summed E-state index contributed by atoms with van der Waals surface area (Å²) in [5.74, 6) is 1.48. The Morgan fingerprint density at radius 3 is 2.39 bits per heavy atom. The van der Waals surface area contributed by atoms with E-state index in [9.17, 15) is 18.8 Å². The molecule has 4 aromatic rings. The Balaban J connectivity index is 0.000000225. The van der Waals surface area contributed by atoms with Crippen molar-refractivity contribution in [2.75, 3.05) is 73.7 Å². The summed E-state index contributed by atoms with van der Waals surface area (Å²) < 4.78 is 18.8. The van der Waals surface area contributed by atoms with Crippen molar-refractivity contribution >= 4 is 64.3 Å². The van der Waals surface area contributed by atoms with Gasteiger partial charge in [0.25, 0.3) is 0 Å². The highest BCUT2D eigenvalue weighted by Crippen LogP contribution is 2.54. The molecule has 17 heteroatoms. The van der Waals surface area contributed by atoms with Crippen LogP contribution in [0.2, 0.25) is 0 Å². The molecule has 5 N–H and O–H groups in total. The van der Waals surface area contributed by atoms with Crippen molar-refractivity contribution in [1.29, 1.82) is 0 Å². The van der Waals surface area contributed by atoms with Gasteiger partial charge in [0.15, 0.2) is 5.82 Å². The SMILES string of the molecule is CC.CNc1ncc2c(n1)NC(=O)C21CC1.Cn1nc(NC(=O)CCNC=O)c2ccc(N3CCN(Cc4cc(SN5CCCCC5)ccc4F)CC3)cc21.OC1CCCCC1. The smallest absolute Gasteiger partial charge is 0.236 e. The lowest BCUT2D eigenvalue weighted by molar-refractivity contribution is -0.118. The molecule has 62 heavy (non-hydrogen) atoms. The maximum absolute atomic E-state index is 14.7. The monoisotopic (exact) mass is 873 g/mol. The predicted octanol–water partition coefficient (Wildman–Crippen LogP) is 6.44. The Labute approximate surface area is 369 Å². The molecule has 2 aromatic carbocycles. The van der Waals surface area contributed by atoms with Gasteiger partial charge in [-0.2, -0.15) is 10.1 Å². The number of fused-ring (bicyclic) bond motifs is 3. The van der Waals surface area contributed by atoms with E-state index >= 15 is 0 Å². The van der Waals surface area contributed by atoms with E-state index in [1.54, 1.807) is 35.9 Å². The highest BCUT2D eigenvalue weighted by molar-refractivity contribution is 7.97. The lowest BCUT2D eigenvalue weighted by Gasteiger charge is -2.36. The molecule has 5 heterocycles. The van der Waals surface area contributed by atoms with Crippen LogP contribution in [0.4, 0.5) is 27.7 Å². The van der Waals surface area contributed by atoms with Gasteiger partial charge >= 0.3 is 0 Å². The number of aromatic nitrogens is 4. The van der Waals surface area contributed by atoms with Crippen LogP contribution in [-0.4, -0.2) is 111 Å². The van der Waals surface area contributed by atoms with Gasteiger partial charge in [-0.25, -0.2) is 13.7 Å². The molecule has 1 spiro atoms. The molecule has 2 saturated carbocycles. The van der Waals surface area contributed by atoms with Gasteiger partial charge in [0, 0.05) is 106 Å². The Hall–Kier alpha value is -4.84. The zero-order chi connectivity index (χ0) is 44.1. The van der Waals surface area contributed by atoms with Crippen molar-refractivity contribution in [3.8, 4) is 0 Å². The van der Waals surface area contributed by atoms with Crippen molar-refractivity contribution in [2.45, 2.75) is 107 Å². The number of nitrogens with zero attached hydrogens (tertiary/aromatic N) is 7. The van der Waals surface area contributed by atoms with Crippen LogP contribution in [-0.2, 0) is 33.4 Å². The predicted molar refractivity (Wildman–Crippen MR) is 245 cm³/mol. The summed E-state index contributed by atoms with van der Waals surface area (Å²) in [4.78, 5) is 48.3. The second kappa shape index (κ2) is 22.5. The summed E-state index contributed by atoms with van der Waals surface area (Å²) in [7, 11) is 3.62. The number of halogens is 1. The van der Waals surface area contributed by atoms with Crippen molar-refractivity contribution in [1.82, 2.24) is 34.3 Å². The fraction of sp³-hybridized carbons (Fsp3) is 0.556. The Morgan fingerprint density at radius 1 is 1.00 bits per heavy atom. The van der Waals surface area contributed by atoms with Crippen LogP contribution in [0.25, 0.3) is 10.9 Å². The number of amides is 3. The van der Waals surface area contributed by atoms with Crippen LogP contribution >= 0.6 is 11.9 Å². The first-order valence-corrected chi connectivity index (χ1v) is 23.1. The molecule has 15 nitrogen and oxygen atoms in total. The van der Waals surface area contributed by atoms with Crippen molar-refractivity contribution < 1.29 is 23.9 Å². The number of rotatable bonds is 11. The molecule has 0 unspecified atom stereocenters. The average molecular weight is 874 g/mol. The van der Waals surface area contributed by atoms with Crippen molar-refractivity contribution in [3.05, 3.63) is 59.5 Å². The molecule has 2 saturated heterocycles. The van der Waals surface area contributed by atoms with Gasteiger partial charge in [0.1, 0.15) is 11.6 Å². The fourth-order valence-electron chi connectivity index (χ4n) is 8.21. The number of hydrogen-bond acceptors (Lipinski definition) is 12. The number of aliphatic hydroxyl groups excluding tert-OH is 1. The number of aliphatic hydroxyl groups is 1. The van der Waals surface area contributed by atoms with Gasteiger partial charge in [-0.1, -0.05) is 39.5 Å². The quantitative estimate of drug-likeness (QED) is 0.0636. The highest BCUT2D eigenvalue weighted by atomic mass is 32.2. The van der Waals surface area contributed by atoms with E-state index < -0.39 is 0 Å². The Morgan fingerprint density at radius 2 is 1.73 bits per heavy atom. The molecule has 3 amide bonds. The first-order chi connectivity index (χ1) is 30.1. The maximum atomic E-state index is 14.7. The first kappa shape index (κ1) is 46.7. The number of carbonyl (C=O) groups is 3. The molecule has 4 fully saturated rings. The number of aryl methyl sites for hydroxylation is 1. The normalized spacial score (nSPS) is 18.2. The lowest BCUT2D eigenvalue weighted by atomic mass is 9.98. The molecule has 0 radical (unpaired) electrons. The minimum absolute atomic E-state index is 0.0359. The Bertz CT molecular complexity index is 2110. The topological polar surface area (TPSA) is 173 Å².